The van der Waals surface area contributed by atoms with Crippen LogP contribution in [-0.2, 0) is 0 Å². The van der Waals surface area contributed by atoms with E-state index in [1.54, 1.807) is 0 Å². The van der Waals surface area contributed by atoms with Gasteiger partial charge in [-0.2, -0.15) is 0 Å². The van der Waals surface area contributed by atoms with Crippen molar-refractivity contribution >= 4 is 5.91 Å². The van der Waals surface area contributed by atoms with E-state index in [-0.39, 0.29) is 5.91 Å². The standard InChI is InChI=1S/C20H28N4O/c1-15-5-4-6-18(13-15)24-16(2)14-19(17(24)3)20(25)22-9-12-23-10-7-21-8-11-23/h4-6,13-14,21H,7-12H2,1-3H3,(H,22,25). The number of hydrogen-bond acceptors (Lipinski definition) is 3. The zero-order valence-corrected chi connectivity index (χ0v) is 15.4. The maximum absolute atomic E-state index is 12.6. The second kappa shape index (κ2) is 7.85. The molecular formula is C20H28N4O. The van der Waals surface area contributed by atoms with E-state index < -0.39 is 0 Å². The number of hydrogen-bond donors (Lipinski definition) is 2. The van der Waals surface area contributed by atoms with E-state index in [0.29, 0.717) is 6.54 Å². The van der Waals surface area contributed by atoms with Crippen LogP contribution >= 0.6 is 0 Å². The number of carbonyl (C=O) groups is 1. The summed E-state index contributed by atoms with van der Waals surface area (Å²) in [5, 5.41) is 6.42. The molecule has 0 saturated carbocycles. The summed E-state index contributed by atoms with van der Waals surface area (Å²) in [6.07, 6.45) is 0. The van der Waals surface area contributed by atoms with E-state index in [1.807, 2.05) is 19.9 Å². The van der Waals surface area contributed by atoms with Crippen molar-refractivity contribution < 1.29 is 4.79 Å². The summed E-state index contributed by atoms with van der Waals surface area (Å²) >= 11 is 0. The Kier molecular flexibility index (Phi) is 5.56. The predicted molar refractivity (Wildman–Crippen MR) is 102 cm³/mol. The molecule has 0 unspecified atom stereocenters. The first-order chi connectivity index (χ1) is 12.1. The van der Waals surface area contributed by atoms with Crippen molar-refractivity contribution in [2.24, 2.45) is 0 Å². The lowest BCUT2D eigenvalue weighted by Gasteiger charge is -2.27. The maximum atomic E-state index is 12.6. The third kappa shape index (κ3) is 4.11. The second-order valence-corrected chi connectivity index (χ2v) is 6.81. The predicted octanol–water partition coefficient (Wildman–Crippen LogP) is 2.04. The van der Waals surface area contributed by atoms with Crippen LogP contribution in [0.5, 0.6) is 0 Å². The fraction of sp³-hybridized carbons (Fsp3) is 0.450. The van der Waals surface area contributed by atoms with Gasteiger partial charge in [0.25, 0.3) is 5.91 Å². The Hall–Kier alpha value is -2.11. The van der Waals surface area contributed by atoms with Crippen molar-refractivity contribution in [2.45, 2.75) is 20.8 Å². The van der Waals surface area contributed by atoms with Gasteiger partial charge >= 0.3 is 0 Å². The van der Waals surface area contributed by atoms with Crippen LogP contribution in [0.15, 0.2) is 30.3 Å². The molecule has 134 valence electrons. The zero-order chi connectivity index (χ0) is 17.8. The molecule has 0 bridgehead atoms. The van der Waals surface area contributed by atoms with Crippen LogP contribution in [0.1, 0.15) is 27.3 Å². The van der Waals surface area contributed by atoms with Crippen molar-refractivity contribution in [3.63, 3.8) is 0 Å². The number of piperazine rings is 1. The first-order valence-corrected chi connectivity index (χ1v) is 9.03. The average Bonchev–Trinajstić information content (AvgIpc) is 2.90. The highest BCUT2D eigenvalue weighted by Crippen LogP contribution is 2.21. The fourth-order valence-electron chi connectivity index (χ4n) is 3.51. The van der Waals surface area contributed by atoms with E-state index >= 15 is 0 Å². The number of amides is 1. The first-order valence-electron chi connectivity index (χ1n) is 9.03. The first kappa shape index (κ1) is 17.7. The number of aryl methyl sites for hydroxylation is 2. The Morgan fingerprint density at radius 2 is 1.92 bits per heavy atom. The van der Waals surface area contributed by atoms with Gasteiger partial charge in [-0.3, -0.25) is 9.69 Å². The summed E-state index contributed by atoms with van der Waals surface area (Å²) in [7, 11) is 0. The largest absolute Gasteiger partial charge is 0.351 e. The van der Waals surface area contributed by atoms with Crippen molar-refractivity contribution in [3.05, 3.63) is 52.8 Å². The maximum Gasteiger partial charge on any atom is 0.253 e. The number of nitrogens with one attached hydrogen (secondary N) is 2. The molecule has 1 aliphatic heterocycles. The van der Waals surface area contributed by atoms with E-state index in [0.717, 1.165) is 55.4 Å². The van der Waals surface area contributed by atoms with Gasteiger partial charge in [0.2, 0.25) is 0 Å². The molecule has 1 aromatic heterocycles. The number of nitrogens with zero attached hydrogens (tertiary/aromatic N) is 2. The molecule has 0 atom stereocenters. The minimum Gasteiger partial charge on any atom is -0.351 e. The van der Waals surface area contributed by atoms with Crippen LogP contribution in [0.25, 0.3) is 5.69 Å². The number of rotatable bonds is 5. The van der Waals surface area contributed by atoms with Gasteiger partial charge < -0.3 is 15.2 Å². The lowest BCUT2D eigenvalue weighted by atomic mass is 10.2. The lowest BCUT2D eigenvalue weighted by molar-refractivity contribution is 0.0946. The molecule has 3 rings (SSSR count). The summed E-state index contributed by atoms with van der Waals surface area (Å²) < 4.78 is 2.15. The molecule has 0 radical (unpaired) electrons. The summed E-state index contributed by atoms with van der Waals surface area (Å²) in [6, 6.07) is 10.3. The fourth-order valence-corrected chi connectivity index (χ4v) is 3.51. The van der Waals surface area contributed by atoms with E-state index in [1.165, 1.54) is 5.56 Å². The summed E-state index contributed by atoms with van der Waals surface area (Å²) in [6.45, 7) is 11.9. The molecule has 1 saturated heterocycles. The molecule has 5 nitrogen and oxygen atoms in total. The molecule has 5 heteroatoms. The van der Waals surface area contributed by atoms with Crippen molar-refractivity contribution in [1.29, 1.82) is 0 Å². The Morgan fingerprint density at radius 1 is 1.16 bits per heavy atom. The van der Waals surface area contributed by atoms with Crippen molar-refractivity contribution in [3.8, 4) is 5.69 Å². The van der Waals surface area contributed by atoms with Gasteiger partial charge in [-0.25, -0.2) is 0 Å². The highest BCUT2D eigenvalue weighted by Gasteiger charge is 2.17. The molecule has 1 fully saturated rings. The normalized spacial score (nSPS) is 15.3. The molecular weight excluding hydrogens is 312 g/mol. The molecule has 2 N–H and O–H groups in total. The third-order valence-corrected chi connectivity index (χ3v) is 4.86. The zero-order valence-electron chi connectivity index (χ0n) is 15.4. The van der Waals surface area contributed by atoms with Gasteiger partial charge in [0.05, 0.1) is 5.56 Å². The minimum absolute atomic E-state index is 0.0159. The summed E-state index contributed by atoms with van der Waals surface area (Å²) in [5.74, 6) is 0.0159. The highest BCUT2D eigenvalue weighted by atomic mass is 16.1. The molecule has 1 aliphatic rings. The second-order valence-electron chi connectivity index (χ2n) is 6.81. The van der Waals surface area contributed by atoms with Gasteiger partial charge in [0, 0.05) is 56.3 Å². The van der Waals surface area contributed by atoms with Gasteiger partial charge in [-0.1, -0.05) is 12.1 Å². The summed E-state index contributed by atoms with van der Waals surface area (Å²) in [4.78, 5) is 15.0. The van der Waals surface area contributed by atoms with Gasteiger partial charge in [-0.05, 0) is 44.5 Å². The van der Waals surface area contributed by atoms with Crippen LogP contribution in [0.4, 0.5) is 0 Å². The Labute approximate surface area is 150 Å². The SMILES string of the molecule is Cc1cccc(-n2c(C)cc(C(=O)NCCN3CCNCC3)c2C)c1. The van der Waals surface area contributed by atoms with Gasteiger partial charge in [0.1, 0.15) is 0 Å². The van der Waals surface area contributed by atoms with Crippen LogP contribution in [0, 0.1) is 20.8 Å². The van der Waals surface area contributed by atoms with E-state index in [2.05, 4.69) is 51.3 Å². The van der Waals surface area contributed by atoms with Crippen LogP contribution in [0.2, 0.25) is 0 Å². The molecule has 0 spiro atoms. The number of aromatic nitrogens is 1. The molecule has 0 aliphatic carbocycles. The Balaban J connectivity index is 1.68. The quantitative estimate of drug-likeness (QED) is 0.876. The molecule has 1 amide bonds. The molecule has 1 aromatic carbocycles. The third-order valence-electron chi connectivity index (χ3n) is 4.86. The van der Waals surface area contributed by atoms with E-state index in [4.69, 9.17) is 0 Å². The van der Waals surface area contributed by atoms with Crippen LogP contribution in [-0.4, -0.2) is 54.6 Å². The monoisotopic (exact) mass is 340 g/mol. The topological polar surface area (TPSA) is 49.3 Å². The van der Waals surface area contributed by atoms with Crippen LogP contribution in [0.3, 0.4) is 0 Å². The highest BCUT2D eigenvalue weighted by molar-refractivity contribution is 5.95. The van der Waals surface area contributed by atoms with Crippen molar-refractivity contribution in [1.82, 2.24) is 20.1 Å². The summed E-state index contributed by atoms with van der Waals surface area (Å²) in [5.41, 5.74) is 5.15. The number of carbonyl (C=O) groups excluding carboxylic acids is 1. The lowest BCUT2D eigenvalue weighted by Crippen LogP contribution is -2.46. The van der Waals surface area contributed by atoms with Gasteiger partial charge in [-0.15, -0.1) is 0 Å². The molecule has 2 heterocycles. The Morgan fingerprint density at radius 3 is 2.64 bits per heavy atom. The minimum atomic E-state index is 0.0159. The van der Waals surface area contributed by atoms with Crippen LogP contribution < -0.4 is 10.6 Å². The number of benzene rings is 1. The molecule has 25 heavy (non-hydrogen) atoms. The van der Waals surface area contributed by atoms with Gasteiger partial charge in [0.15, 0.2) is 0 Å². The average molecular weight is 340 g/mol. The van der Waals surface area contributed by atoms with E-state index in [9.17, 15) is 4.79 Å². The van der Waals surface area contributed by atoms with Crippen molar-refractivity contribution in [2.75, 3.05) is 39.3 Å². The smallest absolute Gasteiger partial charge is 0.253 e. The Bertz CT molecular complexity index is 744. The molecule has 2 aromatic rings.